The molecule has 2 heterocycles. The second kappa shape index (κ2) is 7.48. The van der Waals surface area contributed by atoms with Gasteiger partial charge in [0, 0.05) is 30.9 Å². The zero-order valence-corrected chi connectivity index (χ0v) is 15.4. The van der Waals surface area contributed by atoms with Crippen LogP contribution in [0, 0.1) is 0 Å². The predicted molar refractivity (Wildman–Crippen MR) is 94.0 cm³/mol. The summed E-state index contributed by atoms with van der Waals surface area (Å²) >= 11 is 0. The molecule has 2 fully saturated rings. The number of hydrogen-bond acceptors (Lipinski definition) is 4. The van der Waals surface area contributed by atoms with Crippen LogP contribution in [0.25, 0.3) is 0 Å². The van der Waals surface area contributed by atoms with Gasteiger partial charge in [-0.1, -0.05) is 6.92 Å². The number of nitrogens with zero attached hydrogens (tertiary/aromatic N) is 2. The van der Waals surface area contributed by atoms with Crippen LogP contribution in [-0.4, -0.2) is 61.7 Å². The summed E-state index contributed by atoms with van der Waals surface area (Å²) in [6.07, 6.45) is 2.89. The van der Waals surface area contributed by atoms with E-state index in [1.807, 2.05) is 4.90 Å². The Hall–Kier alpha value is -1.74. The SMILES string of the molecule is CCN1CC[C@H]2CC[C@@H](C1)N2C(=O)Nc1ccc(S(=O)(=O)C(F)F)cc1. The van der Waals surface area contributed by atoms with Crippen molar-refractivity contribution in [1.82, 2.24) is 9.80 Å². The Morgan fingerprint density at radius 1 is 1.19 bits per heavy atom. The zero-order valence-electron chi connectivity index (χ0n) is 14.6. The Bertz CT molecular complexity index is 755. The van der Waals surface area contributed by atoms with Crippen LogP contribution >= 0.6 is 0 Å². The molecule has 144 valence electrons. The number of benzene rings is 1. The molecule has 0 aliphatic carbocycles. The molecule has 0 aromatic heterocycles. The van der Waals surface area contributed by atoms with E-state index in [2.05, 4.69) is 17.1 Å². The van der Waals surface area contributed by atoms with Crippen molar-refractivity contribution in [2.45, 2.75) is 48.9 Å². The highest BCUT2D eigenvalue weighted by molar-refractivity contribution is 7.91. The first-order valence-electron chi connectivity index (χ1n) is 8.76. The molecule has 0 radical (unpaired) electrons. The summed E-state index contributed by atoms with van der Waals surface area (Å²) in [5, 5.41) is 2.77. The Morgan fingerprint density at radius 2 is 1.85 bits per heavy atom. The van der Waals surface area contributed by atoms with Gasteiger partial charge in [-0.05, 0) is 50.1 Å². The summed E-state index contributed by atoms with van der Waals surface area (Å²) in [5.41, 5.74) is 0.388. The third kappa shape index (κ3) is 3.68. The molecule has 1 aromatic carbocycles. The van der Waals surface area contributed by atoms with Crippen molar-refractivity contribution in [3.63, 3.8) is 0 Å². The van der Waals surface area contributed by atoms with E-state index in [0.29, 0.717) is 5.69 Å². The monoisotopic (exact) mass is 387 g/mol. The maximum absolute atomic E-state index is 12.7. The lowest BCUT2D eigenvalue weighted by Gasteiger charge is -2.29. The standard InChI is InChI=1S/C17H23F2N3O3S/c1-2-21-10-9-13-5-6-14(11-21)22(13)17(23)20-12-3-7-15(8-4-12)26(24,25)16(18)19/h3-4,7-8,13-14,16H,2,5-6,9-11H2,1H3,(H,20,23)/t13-,14+/m1/s1. The summed E-state index contributed by atoms with van der Waals surface area (Å²) in [4.78, 5) is 16.5. The molecule has 26 heavy (non-hydrogen) atoms. The fourth-order valence-corrected chi connectivity index (χ4v) is 4.50. The summed E-state index contributed by atoms with van der Waals surface area (Å²) in [6.45, 7) is 4.89. The fourth-order valence-electron chi connectivity index (χ4n) is 3.78. The molecule has 2 atom stereocenters. The number of rotatable bonds is 4. The molecule has 1 N–H and O–H groups in total. The van der Waals surface area contributed by atoms with Gasteiger partial charge in [0.05, 0.1) is 4.90 Å². The number of likely N-dealkylation sites (N-methyl/N-ethyl adjacent to an activating group) is 1. The lowest BCUT2D eigenvalue weighted by molar-refractivity contribution is 0.184. The topological polar surface area (TPSA) is 69.7 Å². The van der Waals surface area contributed by atoms with Gasteiger partial charge >= 0.3 is 11.8 Å². The van der Waals surface area contributed by atoms with Crippen molar-refractivity contribution in [2.75, 3.05) is 25.0 Å². The number of nitrogens with one attached hydrogen (secondary N) is 1. The van der Waals surface area contributed by atoms with Crippen LogP contribution in [0.2, 0.25) is 0 Å². The van der Waals surface area contributed by atoms with Crippen LogP contribution in [0.5, 0.6) is 0 Å². The number of urea groups is 1. The number of anilines is 1. The van der Waals surface area contributed by atoms with E-state index in [1.165, 1.54) is 12.1 Å². The van der Waals surface area contributed by atoms with Crippen LogP contribution in [0.1, 0.15) is 26.2 Å². The van der Waals surface area contributed by atoms with Crippen molar-refractivity contribution in [3.05, 3.63) is 24.3 Å². The number of amides is 2. The maximum atomic E-state index is 12.7. The van der Waals surface area contributed by atoms with Gasteiger partial charge < -0.3 is 15.1 Å². The zero-order chi connectivity index (χ0) is 18.9. The molecular formula is C17H23F2N3O3S. The Balaban J connectivity index is 1.70. The van der Waals surface area contributed by atoms with E-state index in [-0.39, 0.29) is 18.1 Å². The second-order valence-electron chi connectivity index (χ2n) is 6.73. The molecule has 2 amide bonds. The highest BCUT2D eigenvalue weighted by atomic mass is 32.2. The second-order valence-corrected chi connectivity index (χ2v) is 8.65. The van der Waals surface area contributed by atoms with Gasteiger partial charge in [0.1, 0.15) is 0 Å². The first-order chi connectivity index (χ1) is 12.3. The number of halogens is 2. The molecule has 0 spiro atoms. The van der Waals surface area contributed by atoms with Crippen LogP contribution < -0.4 is 5.32 Å². The highest BCUT2D eigenvalue weighted by Gasteiger charge is 2.39. The van der Waals surface area contributed by atoms with Gasteiger partial charge in [-0.2, -0.15) is 8.78 Å². The summed E-state index contributed by atoms with van der Waals surface area (Å²) < 4.78 is 48.1. The van der Waals surface area contributed by atoms with Crippen LogP contribution in [0.3, 0.4) is 0 Å². The minimum absolute atomic E-state index is 0.168. The number of hydrogen-bond donors (Lipinski definition) is 1. The minimum Gasteiger partial charge on any atom is -0.317 e. The number of fused-ring (bicyclic) bond motifs is 2. The number of sulfone groups is 1. The summed E-state index contributed by atoms with van der Waals surface area (Å²) in [6, 6.07) is 5.01. The van der Waals surface area contributed by atoms with Crippen molar-refractivity contribution in [1.29, 1.82) is 0 Å². The van der Waals surface area contributed by atoms with Crippen molar-refractivity contribution in [3.8, 4) is 0 Å². The van der Waals surface area contributed by atoms with Crippen LogP contribution in [0.4, 0.5) is 19.3 Å². The maximum Gasteiger partial charge on any atom is 0.341 e. The summed E-state index contributed by atoms with van der Waals surface area (Å²) in [5.74, 6) is -3.46. The summed E-state index contributed by atoms with van der Waals surface area (Å²) in [7, 11) is -4.63. The van der Waals surface area contributed by atoms with Crippen molar-refractivity contribution >= 4 is 21.6 Å². The van der Waals surface area contributed by atoms with E-state index >= 15 is 0 Å². The van der Waals surface area contributed by atoms with E-state index in [9.17, 15) is 22.0 Å². The fraction of sp³-hybridized carbons (Fsp3) is 0.588. The molecule has 1 aromatic rings. The predicted octanol–water partition coefficient (Wildman–Crippen LogP) is 2.77. The molecule has 0 unspecified atom stereocenters. The smallest absolute Gasteiger partial charge is 0.317 e. The largest absolute Gasteiger partial charge is 0.341 e. The van der Waals surface area contributed by atoms with Gasteiger partial charge in [-0.3, -0.25) is 0 Å². The van der Waals surface area contributed by atoms with Gasteiger partial charge in [-0.15, -0.1) is 0 Å². The Labute approximate surface area is 152 Å². The lowest BCUT2D eigenvalue weighted by atomic mass is 10.1. The average Bonchev–Trinajstić information content (AvgIpc) is 2.90. The van der Waals surface area contributed by atoms with E-state index in [0.717, 1.165) is 51.0 Å². The molecule has 2 aliphatic rings. The third-order valence-electron chi connectivity index (χ3n) is 5.22. The van der Waals surface area contributed by atoms with E-state index in [4.69, 9.17) is 0 Å². The highest BCUT2D eigenvalue weighted by Crippen LogP contribution is 2.31. The van der Waals surface area contributed by atoms with Gasteiger partial charge in [-0.25, -0.2) is 13.2 Å². The van der Waals surface area contributed by atoms with Gasteiger partial charge in [0.25, 0.3) is 0 Å². The van der Waals surface area contributed by atoms with E-state index < -0.39 is 20.5 Å². The van der Waals surface area contributed by atoms with E-state index in [1.54, 1.807) is 0 Å². The molecule has 6 nitrogen and oxygen atoms in total. The number of carbonyl (C=O) groups is 1. The van der Waals surface area contributed by atoms with Crippen molar-refractivity contribution in [2.24, 2.45) is 0 Å². The number of likely N-dealkylation sites (tertiary alicyclic amines) is 1. The number of alkyl halides is 2. The molecule has 3 rings (SSSR count). The minimum atomic E-state index is -4.63. The quantitative estimate of drug-likeness (QED) is 0.863. The first-order valence-corrected chi connectivity index (χ1v) is 10.3. The molecule has 0 saturated carbocycles. The first kappa shape index (κ1) is 19.0. The molecular weight excluding hydrogens is 364 g/mol. The number of carbonyl (C=O) groups excluding carboxylic acids is 1. The Morgan fingerprint density at radius 3 is 2.46 bits per heavy atom. The van der Waals surface area contributed by atoms with Gasteiger partial charge in [0.2, 0.25) is 9.84 Å². The molecule has 2 bridgehead atoms. The average molecular weight is 387 g/mol. The van der Waals surface area contributed by atoms with Crippen LogP contribution in [-0.2, 0) is 9.84 Å². The van der Waals surface area contributed by atoms with Crippen LogP contribution in [0.15, 0.2) is 29.2 Å². The third-order valence-corrected chi connectivity index (χ3v) is 6.62. The van der Waals surface area contributed by atoms with Crippen molar-refractivity contribution < 1.29 is 22.0 Å². The van der Waals surface area contributed by atoms with Gasteiger partial charge in [0.15, 0.2) is 0 Å². The lowest BCUT2D eigenvalue weighted by Crippen LogP contribution is -2.45. The normalized spacial score (nSPS) is 23.9. The molecule has 2 aliphatic heterocycles. The molecule has 2 saturated heterocycles. The molecule has 9 heteroatoms. The Kier molecular flexibility index (Phi) is 5.47.